The van der Waals surface area contributed by atoms with Gasteiger partial charge in [0.15, 0.2) is 16.7 Å². The molecule has 9 nitrogen and oxygen atoms in total. The van der Waals surface area contributed by atoms with Gasteiger partial charge < -0.3 is 24.5 Å². The number of nitrogens with zero attached hydrogens (tertiary/aromatic N) is 2. The molecule has 188 valence electrons. The van der Waals surface area contributed by atoms with Crippen LogP contribution in [0.15, 0.2) is 76.7 Å². The number of benzene rings is 3. The average Bonchev–Trinajstić information content (AvgIpc) is 3.31. The fourth-order valence-corrected chi connectivity index (χ4v) is 4.84. The molecule has 37 heavy (non-hydrogen) atoms. The van der Waals surface area contributed by atoms with Gasteiger partial charge in [-0.2, -0.15) is 0 Å². The Hall–Kier alpha value is -4.44. The fraction of sp³-hybridized carbons (Fsp3) is 0.148. The molecule has 0 aliphatic heterocycles. The molecule has 2 N–H and O–H groups in total. The molecule has 5 rings (SSSR count). The van der Waals surface area contributed by atoms with Crippen LogP contribution in [0.1, 0.15) is 0 Å². The van der Waals surface area contributed by atoms with E-state index < -0.39 is 0 Å². The number of hydrogen-bond acceptors (Lipinski definition) is 7. The molecule has 0 fully saturated rings. The summed E-state index contributed by atoms with van der Waals surface area (Å²) >= 11 is 1.17. The van der Waals surface area contributed by atoms with E-state index in [1.54, 1.807) is 56.7 Å². The zero-order valence-corrected chi connectivity index (χ0v) is 21.2. The lowest BCUT2D eigenvalue weighted by atomic mass is 10.2. The van der Waals surface area contributed by atoms with Crippen molar-refractivity contribution in [2.75, 3.05) is 32.4 Å². The van der Waals surface area contributed by atoms with E-state index in [-0.39, 0.29) is 17.2 Å². The molecule has 3 aromatic carbocycles. The predicted octanol–water partition coefficient (Wildman–Crippen LogP) is 4.62. The van der Waals surface area contributed by atoms with Crippen LogP contribution in [-0.2, 0) is 4.79 Å². The highest BCUT2D eigenvalue weighted by Crippen LogP contribution is 2.31. The van der Waals surface area contributed by atoms with Crippen LogP contribution in [0.4, 0.5) is 5.69 Å². The number of carbonyl (C=O) groups is 1. The highest BCUT2D eigenvalue weighted by atomic mass is 32.2. The van der Waals surface area contributed by atoms with E-state index in [4.69, 9.17) is 19.2 Å². The van der Waals surface area contributed by atoms with Crippen molar-refractivity contribution < 1.29 is 19.0 Å². The number of hydrogen-bond donors (Lipinski definition) is 2. The number of carbonyl (C=O) groups excluding carboxylic acids is 1. The van der Waals surface area contributed by atoms with Gasteiger partial charge in [-0.05, 0) is 42.5 Å². The molecule has 2 heterocycles. The summed E-state index contributed by atoms with van der Waals surface area (Å²) in [7, 11) is 4.66. The standard InChI is InChI=1S/C27H24N4O5S/c1-34-18-11-8-16(9-12-18)28-23(32)15-37-27-30-24-19-6-4-5-7-20(19)29-25(24)26(33)31(27)17-10-13-21(35-2)22(14-17)36-3/h4-14,29H,15H2,1-3H3,(H,28,32). The van der Waals surface area contributed by atoms with Crippen molar-refractivity contribution in [3.8, 4) is 22.9 Å². The average molecular weight is 517 g/mol. The number of nitrogens with one attached hydrogen (secondary N) is 2. The van der Waals surface area contributed by atoms with Gasteiger partial charge in [0, 0.05) is 22.7 Å². The monoisotopic (exact) mass is 516 g/mol. The van der Waals surface area contributed by atoms with E-state index >= 15 is 0 Å². The highest BCUT2D eigenvalue weighted by molar-refractivity contribution is 7.99. The van der Waals surface area contributed by atoms with Crippen molar-refractivity contribution in [3.05, 3.63) is 77.1 Å². The Balaban J connectivity index is 1.55. The number of rotatable bonds is 8. The fourth-order valence-electron chi connectivity index (χ4n) is 4.03. The number of para-hydroxylation sites is 1. The molecule has 1 amide bonds. The third-order valence-electron chi connectivity index (χ3n) is 5.83. The van der Waals surface area contributed by atoms with Crippen molar-refractivity contribution in [2.45, 2.75) is 5.16 Å². The molecule has 2 aromatic heterocycles. The maximum absolute atomic E-state index is 13.8. The number of fused-ring (bicyclic) bond motifs is 3. The van der Waals surface area contributed by atoms with Crippen molar-refractivity contribution in [2.24, 2.45) is 0 Å². The summed E-state index contributed by atoms with van der Waals surface area (Å²) in [6.07, 6.45) is 0. The van der Waals surface area contributed by atoms with Gasteiger partial charge >= 0.3 is 0 Å². The van der Waals surface area contributed by atoms with E-state index in [9.17, 15) is 9.59 Å². The van der Waals surface area contributed by atoms with Gasteiger partial charge in [-0.1, -0.05) is 30.0 Å². The predicted molar refractivity (Wildman–Crippen MR) is 145 cm³/mol. The normalized spacial score (nSPS) is 11.0. The summed E-state index contributed by atoms with van der Waals surface area (Å²) in [5.74, 6) is 1.51. The first-order valence-corrected chi connectivity index (χ1v) is 12.3. The Kier molecular flexibility index (Phi) is 6.74. The number of aromatic amines is 1. The van der Waals surface area contributed by atoms with E-state index in [0.717, 1.165) is 10.9 Å². The summed E-state index contributed by atoms with van der Waals surface area (Å²) in [5.41, 5.74) is 2.63. The van der Waals surface area contributed by atoms with Crippen LogP contribution in [-0.4, -0.2) is 47.5 Å². The summed E-state index contributed by atoms with van der Waals surface area (Å²) in [6, 6.07) is 19.8. The molecule has 0 saturated heterocycles. The van der Waals surface area contributed by atoms with Crippen LogP contribution in [0.5, 0.6) is 17.2 Å². The molecular weight excluding hydrogens is 492 g/mol. The van der Waals surface area contributed by atoms with Gasteiger partial charge in [0.25, 0.3) is 5.56 Å². The minimum Gasteiger partial charge on any atom is -0.497 e. The SMILES string of the molecule is COc1ccc(NC(=O)CSc2nc3c([nH]c4ccccc43)c(=O)n2-c2ccc(OC)c(OC)c2)cc1. The molecule has 0 radical (unpaired) electrons. The van der Waals surface area contributed by atoms with Crippen LogP contribution in [0, 0.1) is 0 Å². The third-order valence-corrected chi connectivity index (χ3v) is 6.76. The first kappa shape index (κ1) is 24.3. The number of ether oxygens (including phenoxy) is 3. The van der Waals surface area contributed by atoms with Gasteiger partial charge in [-0.3, -0.25) is 14.2 Å². The summed E-state index contributed by atoms with van der Waals surface area (Å²) in [4.78, 5) is 34.5. The second-order valence-electron chi connectivity index (χ2n) is 8.03. The van der Waals surface area contributed by atoms with Gasteiger partial charge in [0.1, 0.15) is 16.8 Å². The minimum atomic E-state index is -0.286. The van der Waals surface area contributed by atoms with Crippen LogP contribution in [0.3, 0.4) is 0 Å². The topological polar surface area (TPSA) is 107 Å². The van der Waals surface area contributed by atoms with Gasteiger partial charge in [-0.15, -0.1) is 0 Å². The van der Waals surface area contributed by atoms with Gasteiger partial charge in [0.2, 0.25) is 5.91 Å². The lowest BCUT2D eigenvalue weighted by Crippen LogP contribution is -2.23. The molecule has 10 heteroatoms. The third kappa shape index (κ3) is 4.70. The van der Waals surface area contributed by atoms with Crippen molar-refractivity contribution >= 4 is 45.3 Å². The molecule has 0 bridgehead atoms. The van der Waals surface area contributed by atoms with E-state index in [1.807, 2.05) is 24.3 Å². The number of thioether (sulfide) groups is 1. The minimum absolute atomic E-state index is 0.0413. The first-order chi connectivity index (χ1) is 18.0. The highest BCUT2D eigenvalue weighted by Gasteiger charge is 2.19. The van der Waals surface area contributed by atoms with Crippen LogP contribution in [0.25, 0.3) is 27.6 Å². The molecule has 0 aliphatic carbocycles. The number of aromatic nitrogens is 3. The number of amides is 1. The molecule has 0 unspecified atom stereocenters. The lowest BCUT2D eigenvalue weighted by Gasteiger charge is -2.14. The molecule has 0 saturated carbocycles. The lowest BCUT2D eigenvalue weighted by molar-refractivity contribution is -0.113. The maximum atomic E-state index is 13.8. The van der Waals surface area contributed by atoms with Crippen molar-refractivity contribution in [1.82, 2.24) is 14.5 Å². The van der Waals surface area contributed by atoms with E-state index in [2.05, 4.69) is 10.3 Å². The number of methoxy groups -OCH3 is 3. The summed E-state index contributed by atoms with van der Waals surface area (Å²) in [6.45, 7) is 0. The first-order valence-electron chi connectivity index (χ1n) is 11.3. The maximum Gasteiger partial charge on any atom is 0.283 e. The molecule has 0 aliphatic rings. The Morgan fingerprint density at radius 3 is 2.46 bits per heavy atom. The smallest absolute Gasteiger partial charge is 0.283 e. The Morgan fingerprint density at radius 1 is 0.973 bits per heavy atom. The zero-order valence-electron chi connectivity index (χ0n) is 20.4. The largest absolute Gasteiger partial charge is 0.497 e. The van der Waals surface area contributed by atoms with Gasteiger partial charge in [-0.25, -0.2) is 4.98 Å². The molecule has 0 atom stereocenters. The second kappa shape index (κ2) is 10.3. The van der Waals surface area contributed by atoms with Crippen LogP contribution in [0.2, 0.25) is 0 Å². The quantitative estimate of drug-likeness (QED) is 0.229. The molecule has 5 aromatic rings. The summed E-state index contributed by atoms with van der Waals surface area (Å²) < 4.78 is 17.4. The number of H-pyrrole nitrogens is 1. The Morgan fingerprint density at radius 2 is 1.73 bits per heavy atom. The van der Waals surface area contributed by atoms with Crippen molar-refractivity contribution in [1.29, 1.82) is 0 Å². The number of anilines is 1. The van der Waals surface area contributed by atoms with Gasteiger partial charge in [0.05, 0.1) is 32.8 Å². The zero-order chi connectivity index (χ0) is 25.9. The van der Waals surface area contributed by atoms with Crippen LogP contribution >= 0.6 is 11.8 Å². The second-order valence-corrected chi connectivity index (χ2v) is 8.98. The Bertz CT molecular complexity index is 1660. The molecular formula is C27H24N4O5S. The Labute approximate surface area is 216 Å². The van der Waals surface area contributed by atoms with E-state index in [0.29, 0.717) is 44.8 Å². The van der Waals surface area contributed by atoms with Crippen LogP contribution < -0.4 is 25.1 Å². The van der Waals surface area contributed by atoms with E-state index in [1.165, 1.54) is 23.4 Å². The summed E-state index contributed by atoms with van der Waals surface area (Å²) in [5, 5.41) is 4.07. The van der Waals surface area contributed by atoms with Crippen molar-refractivity contribution in [3.63, 3.8) is 0 Å². The molecule has 0 spiro atoms.